The lowest BCUT2D eigenvalue weighted by Gasteiger charge is -2.32. The predicted octanol–water partition coefficient (Wildman–Crippen LogP) is 1.98. The van der Waals surface area contributed by atoms with Crippen molar-refractivity contribution in [3.63, 3.8) is 0 Å². The highest BCUT2D eigenvalue weighted by atomic mass is 19.4. The second kappa shape index (κ2) is 14.1. The largest absolute Gasteiger partial charge is 0.490 e. The second-order valence-electron chi connectivity index (χ2n) is 7.42. The Morgan fingerprint density at radius 2 is 1.62 bits per heavy atom. The third-order valence-electron chi connectivity index (χ3n) is 4.65. The van der Waals surface area contributed by atoms with Crippen LogP contribution in [0.4, 0.5) is 32.2 Å². The van der Waals surface area contributed by atoms with Crippen molar-refractivity contribution >= 4 is 17.8 Å². The molecule has 18 heteroatoms. The number of rotatable bonds is 6. The van der Waals surface area contributed by atoms with Crippen molar-refractivity contribution in [1.29, 1.82) is 0 Å². The number of halogens is 6. The molecule has 0 spiro atoms. The van der Waals surface area contributed by atoms with E-state index < -0.39 is 24.3 Å². The Kier molecular flexibility index (Phi) is 12.0. The summed E-state index contributed by atoms with van der Waals surface area (Å²) < 4.78 is 70.6. The molecule has 0 unspecified atom stereocenters. The van der Waals surface area contributed by atoms with Crippen LogP contribution < -0.4 is 15.0 Å². The summed E-state index contributed by atoms with van der Waals surface area (Å²) in [7, 11) is 3.54. The summed E-state index contributed by atoms with van der Waals surface area (Å²) >= 11 is 0. The molecule has 1 aliphatic rings. The third kappa shape index (κ3) is 11.7. The number of nitrogens with one attached hydrogen (secondary N) is 1. The van der Waals surface area contributed by atoms with Crippen LogP contribution in [0.2, 0.25) is 0 Å². The molecule has 0 saturated carbocycles. The Bertz CT molecular complexity index is 970. The van der Waals surface area contributed by atoms with E-state index in [9.17, 15) is 26.3 Å². The summed E-state index contributed by atoms with van der Waals surface area (Å²) in [4.78, 5) is 28.5. The predicted molar refractivity (Wildman–Crippen MR) is 114 cm³/mol. The minimum atomic E-state index is -5.08. The smallest absolute Gasteiger partial charge is 0.481 e. The van der Waals surface area contributed by atoms with Crippen LogP contribution in [0.25, 0.3) is 0 Å². The number of hydrogen-bond donors (Lipinski definition) is 3. The van der Waals surface area contributed by atoms with Crippen LogP contribution in [0.5, 0.6) is 5.88 Å². The molecule has 0 radical (unpaired) electrons. The molecule has 2 aromatic rings. The van der Waals surface area contributed by atoms with Gasteiger partial charge in [-0.25, -0.2) is 19.6 Å². The molecule has 2 aromatic heterocycles. The molecule has 0 aromatic carbocycles. The lowest BCUT2D eigenvalue weighted by Crippen LogP contribution is -2.35. The summed E-state index contributed by atoms with van der Waals surface area (Å²) in [6, 6.07) is 1.89. The number of aliphatic carboxylic acids is 2. The number of piperidine rings is 1. The van der Waals surface area contributed by atoms with E-state index in [4.69, 9.17) is 24.5 Å². The number of carboxylic acid groups (broad SMARTS) is 2. The first-order chi connectivity index (χ1) is 17.2. The average molecular weight is 545 g/mol. The van der Waals surface area contributed by atoms with Crippen molar-refractivity contribution in [3.05, 3.63) is 24.3 Å². The number of alkyl halides is 6. The standard InChI is InChI=1S/C15H23N7O.2C2HF3O2/c1-16-8-13-10-22(20-19-13)9-12-3-5-21(6-4-12)14-7-15(23-2)18-11-17-14;2*3-2(4,5)1(6)7/h7,10-12,16H,3-6,8-9H2,1-2H3;2*(H,6,7). The van der Waals surface area contributed by atoms with Crippen molar-refractivity contribution in [2.45, 2.75) is 38.3 Å². The Labute approximate surface area is 206 Å². The van der Waals surface area contributed by atoms with Crippen LogP contribution >= 0.6 is 0 Å². The molecule has 208 valence electrons. The summed E-state index contributed by atoms with van der Waals surface area (Å²) in [5.74, 6) is -3.34. The molecular formula is C19H25F6N7O5. The van der Waals surface area contributed by atoms with Crippen molar-refractivity contribution in [2.24, 2.45) is 5.92 Å². The summed E-state index contributed by atoms with van der Waals surface area (Å²) in [5, 5.41) is 25.7. The molecule has 1 saturated heterocycles. The van der Waals surface area contributed by atoms with Crippen molar-refractivity contribution in [3.8, 4) is 5.88 Å². The van der Waals surface area contributed by atoms with Gasteiger partial charge in [-0.15, -0.1) is 5.10 Å². The minimum absolute atomic E-state index is 0.608. The molecule has 1 aliphatic heterocycles. The van der Waals surface area contributed by atoms with Crippen molar-refractivity contribution < 1.29 is 50.9 Å². The lowest BCUT2D eigenvalue weighted by atomic mass is 9.97. The molecule has 0 aliphatic carbocycles. The van der Waals surface area contributed by atoms with Gasteiger partial charge < -0.3 is 25.2 Å². The molecule has 12 nitrogen and oxygen atoms in total. The fraction of sp³-hybridized carbons (Fsp3) is 0.579. The minimum Gasteiger partial charge on any atom is -0.481 e. The van der Waals surface area contributed by atoms with E-state index in [-0.39, 0.29) is 0 Å². The van der Waals surface area contributed by atoms with Crippen LogP contribution in [0.1, 0.15) is 18.5 Å². The number of nitrogens with zero attached hydrogens (tertiary/aromatic N) is 6. The molecule has 3 heterocycles. The van der Waals surface area contributed by atoms with E-state index in [1.807, 2.05) is 24.0 Å². The average Bonchev–Trinajstić information content (AvgIpc) is 3.26. The quantitative estimate of drug-likeness (QED) is 0.456. The topological polar surface area (TPSA) is 156 Å². The SMILES string of the molecule is CNCc1cn(CC2CCN(c3cc(OC)ncn3)CC2)nn1.O=C(O)C(F)(F)F.O=C(O)C(F)(F)F. The molecule has 37 heavy (non-hydrogen) atoms. The monoisotopic (exact) mass is 545 g/mol. The van der Waals surface area contributed by atoms with Gasteiger partial charge in [0.05, 0.1) is 12.8 Å². The van der Waals surface area contributed by atoms with Crippen molar-refractivity contribution in [2.75, 3.05) is 32.1 Å². The number of carbonyl (C=O) groups is 2. The van der Waals surface area contributed by atoms with Crippen LogP contribution in [-0.2, 0) is 22.7 Å². The Morgan fingerprint density at radius 3 is 2.08 bits per heavy atom. The number of ether oxygens (including phenoxy) is 1. The maximum absolute atomic E-state index is 10.6. The van der Waals surface area contributed by atoms with Gasteiger partial charge in [-0.2, -0.15) is 26.3 Å². The zero-order valence-corrected chi connectivity index (χ0v) is 19.6. The zero-order chi connectivity index (χ0) is 28.2. The fourth-order valence-corrected chi connectivity index (χ4v) is 2.91. The van der Waals surface area contributed by atoms with Crippen LogP contribution in [0, 0.1) is 5.92 Å². The van der Waals surface area contributed by atoms with E-state index in [0.29, 0.717) is 11.8 Å². The van der Waals surface area contributed by atoms with Gasteiger partial charge >= 0.3 is 24.3 Å². The van der Waals surface area contributed by atoms with Gasteiger partial charge in [0.25, 0.3) is 0 Å². The van der Waals surface area contributed by atoms with Crippen LogP contribution in [0.15, 0.2) is 18.6 Å². The Balaban J connectivity index is 0.000000404. The zero-order valence-electron chi connectivity index (χ0n) is 19.6. The molecule has 1 fully saturated rings. The lowest BCUT2D eigenvalue weighted by molar-refractivity contribution is -0.193. The number of hydrogen-bond acceptors (Lipinski definition) is 9. The van der Waals surface area contributed by atoms with Gasteiger partial charge in [0.2, 0.25) is 5.88 Å². The van der Waals surface area contributed by atoms with Gasteiger partial charge in [-0.1, -0.05) is 5.21 Å². The first-order valence-electron chi connectivity index (χ1n) is 10.4. The Morgan fingerprint density at radius 1 is 1.08 bits per heavy atom. The number of methoxy groups -OCH3 is 1. The highest BCUT2D eigenvalue weighted by molar-refractivity contribution is 5.73. The number of aromatic nitrogens is 5. The molecule has 3 N–H and O–H groups in total. The highest BCUT2D eigenvalue weighted by Gasteiger charge is 2.38. The molecule has 0 atom stereocenters. The normalized spacial score (nSPS) is 14.1. The summed E-state index contributed by atoms with van der Waals surface area (Å²) in [6.07, 6.45) is -4.35. The second-order valence-corrected chi connectivity index (χ2v) is 7.42. The highest BCUT2D eigenvalue weighted by Crippen LogP contribution is 2.24. The van der Waals surface area contributed by atoms with E-state index in [1.54, 1.807) is 13.4 Å². The number of anilines is 1. The van der Waals surface area contributed by atoms with E-state index >= 15 is 0 Å². The van der Waals surface area contributed by atoms with Crippen LogP contribution in [-0.4, -0.2) is 86.7 Å². The fourth-order valence-electron chi connectivity index (χ4n) is 2.91. The van der Waals surface area contributed by atoms with Gasteiger partial charge in [0.1, 0.15) is 12.1 Å². The van der Waals surface area contributed by atoms with E-state index in [2.05, 4.69) is 30.5 Å². The van der Waals surface area contributed by atoms with E-state index in [0.717, 1.165) is 50.5 Å². The number of carboxylic acids is 2. The summed E-state index contributed by atoms with van der Waals surface area (Å²) in [6.45, 7) is 3.66. The third-order valence-corrected chi connectivity index (χ3v) is 4.65. The van der Waals surface area contributed by atoms with Crippen molar-refractivity contribution in [1.82, 2.24) is 30.3 Å². The molecule has 0 amide bonds. The van der Waals surface area contributed by atoms with Crippen LogP contribution in [0.3, 0.4) is 0 Å². The molecule has 0 bridgehead atoms. The first kappa shape index (κ1) is 31.3. The summed E-state index contributed by atoms with van der Waals surface area (Å²) in [5.41, 5.74) is 0.984. The maximum Gasteiger partial charge on any atom is 0.490 e. The maximum atomic E-state index is 10.6. The Hall–Kier alpha value is -3.70. The van der Waals surface area contributed by atoms with Gasteiger partial charge in [0.15, 0.2) is 0 Å². The van der Waals surface area contributed by atoms with Gasteiger partial charge in [-0.05, 0) is 25.8 Å². The van der Waals surface area contributed by atoms with Gasteiger partial charge in [-0.3, -0.25) is 4.68 Å². The van der Waals surface area contributed by atoms with E-state index in [1.165, 1.54) is 0 Å². The molecular weight excluding hydrogens is 520 g/mol. The van der Waals surface area contributed by atoms with Gasteiger partial charge in [0, 0.05) is 38.4 Å². The molecule has 3 rings (SSSR count). The first-order valence-corrected chi connectivity index (χ1v) is 10.4.